The van der Waals surface area contributed by atoms with Gasteiger partial charge in [-0.05, 0) is 13.5 Å². The van der Waals surface area contributed by atoms with Gasteiger partial charge in [-0.3, -0.25) is 14.5 Å². The Morgan fingerprint density at radius 3 is 2.73 bits per heavy atom. The highest BCUT2D eigenvalue weighted by Crippen LogP contribution is 2.21. The first kappa shape index (κ1) is 17.7. The molecule has 1 aromatic heterocycles. The zero-order chi connectivity index (χ0) is 16.1. The minimum atomic E-state index is -0.372. The lowest BCUT2D eigenvalue weighted by Crippen LogP contribution is -2.44. The third-order valence-corrected chi connectivity index (χ3v) is 4.48. The van der Waals surface area contributed by atoms with Crippen molar-refractivity contribution < 1.29 is 9.84 Å². The summed E-state index contributed by atoms with van der Waals surface area (Å²) in [5, 5.41) is 15.4. The van der Waals surface area contributed by atoms with Gasteiger partial charge in [-0.2, -0.15) is 5.10 Å². The minimum absolute atomic E-state index is 0.372. The molecule has 7 heteroatoms. The van der Waals surface area contributed by atoms with Crippen LogP contribution in [0.3, 0.4) is 0 Å². The summed E-state index contributed by atoms with van der Waals surface area (Å²) in [7, 11) is 3.86. The van der Waals surface area contributed by atoms with Crippen LogP contribution >= 0.6 is 11.6 Å². The number of morpholine rings is 1. The molecule has 0 amide bonds. The van der Waals surface area contributed by atoms with E-state index < -0.39 is 0 Å². The van der Waals surface area contributed by atoms with Crippen LogP contribution in [0.15, 0.2) is 0 Å². The zero-order valence-corrected chi connectivity index (χ0v) is 14.5. The molecule has 1 N–H and O–H groups in total. The molecule has 1 aliphatic rings. The second-order valence-electron chi connectivity index (χ2n) is 5.96. The first-order valence-corrected chi connectivity index (χ1v) is 8.26. The molecule has 1 fully saturated rings. The Kier molecular flexibility index (Phi) is 6.65. The average Bonchev–Trinajstić information content (AvgIpc) is 2.75. The fourth-order valence-electron chi connectivity index (χ4n) is 2.87. The van der Waals surface area contributed by atoms with Crippen LogP contribution in [0, 0.1) is 0 Å². The number of rotatable bonds is 7. The van der Waals surface area contributed by atoms with E-state index in [-0.39, 0.29) is 6.10 Å². The molecule has 0 saturated carbocycles. The number of hydrogen-bond donors (Lipinski definition) is 1. The highest BCUT2D eigenvalue weighted by Gasteiger charge is 2.19. The number of likely N-dealkylation sites (N-methyl/N-ethyl adjacent to an activating group) is 1. The SMILES string of the molecule is CCc1nn(C)c(Cl)c1CN(C)CC(O)CN1CCOCC1. The van der Waals surface area contributed by atoms with E-state index in [2.05, 4.69) is 21.8 Å². The van der Waals surface area contributed by atoms with Crippen LogP contribution in [0.4, 0.5) is 0 Å². The summed E-state index contributed by atoms with van der Waals surface area (Å²) in [4.78, 5) is 4.35. The van der Waals surface area contributed by atoms with Crippen molar-refractivity contribution in [3.05, 3.63) is 16.4 Å². The van der Waals surface area contributed by atoms with Gasteiger partial charge in [0.15, 0.2) is 0 Å². The van der Waals surface area contributed by atoms with Crippen LogP contribution < -0.4 is 0 Å². The normalized spacial score (nSPS) is 18.1. The number of halogens is 1. The van der Waals surface area contributed by atoms with E-state index in [1.165, 1.54) is 0 Å². The summed E-state index contributed by atoms with van der Waals surface area (Å²) < 4.78 is 7.04. The van der Waals surface area contributed by atoms with Crippen molar-refractivity contribution in [3.63, 3.8) is 0 Å². The van der Waals surface area contributed by atoms with Crippen LogP contribution in [0.2, 0.25) is 5.15 Å². The molecule has 1 atom stereocenters. The van der Waals surface area contributed by atoms with E-state index in [1.807, 2.05) is 14.1 Å². The number of hydrogen-bond acceptors (Lipinski definition) is 5. The molecule has 6 nitrogen and oxygen atoms in total. The smallest absolute Gasteiger partial charge is 0.131 e. The molecular formula is C15H27ClN4O2. The Morgan fingerprint density at radius 2 is 2.09 bits per heavy atom. The van der Waals surface area contributed by atoms with Crippen molar-refractivity contribution in [2.24, 2.45) is 7.05 Å². The number of aromatic nitrogens is 2. The lowest BCUT2D eigenvalue weighted by molar-refractivity contribution is 0.00824. The first-order chi connectivity index (χ1) is 10.5. The Bertz CT molecular complexity index is 474. The Labute approximate surface area is 137 Å². The van der Waals surface area contributed by atoms with E-state index in [0.717, 1.165) is 44.0 Å². The molecule has 1 unspecified atom stereocenters. The third kappa shape index (κ3) is 4.67. The Hall–Kier alpha value is -0.660. The molecule has 0 bridgehead atoms. The maximum Gasteiger partial charge on any atom is 0.131 e. The largest absolute Gasteiger partial charge is 0.390 e. The molecule has 22 heavy (non-hydrogen) atoms. The van der Waals surface area contributed by atoms with Gasteiger partial charge >= 0.3 is 0 Å². The predicted molar refractivity (Wildman–Crippen MR) is 87.2 cm³/mol. The predicted octanol–water partition coefficient (Wildman–Crippen LogP) is 0.761. The van der Waals surface area contributed by atoms with Gasteiger partial charge in [-0.25, -0.2) is 0 Å². The van der Waals surface area contributed by atoms with Crippen molar-refractivity contribution in [3.8, 4) is 0 Å². The van der Waals surface area contributed by atoms with Crippen LogP contribution in [0.5, 0.6) is 0 Å². The molecule has 2 heterocycles. The van der Waals surface area contributed by atoms with Gasteiger partial charge in [-0.1, -0.05) is 18.5 Å². The van der Waals surface area contributed by atoms with Crippen LogP contribution in [-0.2, 0) is 24.8 Å². The molecule has 0 spiro atoms. The van der Waals surface area contributed by atoms with Gasteiger partial charge in [0.2, 0.25) is 0 Å². The Balaban J connectivity index is 1.85. The number of aliphatic hydroxyl groups is 1. The molecule has 0 aromatic carbocycles. The number of aryl methyl sites for hydroxylation is 2. The van der Waals surface area contributed by atoms with Crippen LogP contribution in [0.1, 0.15) is 18.2 Å². The third-order valence-electron chi connectivity index (χ3n) is 4.01. The van der Waals surface area contributed by atoms with Crippen molar-refractivity contribution in [2.45, 2.75) is 26.0 Å². The number of aliphatic hydroxyl groups excluding tert-OH is 1. The number of ether oxygens (including phenoxy) is 1. The fourth-order valence-corrected chi connectivity index (χ4v) is 3.08. The van der Waals surface area contributed by atoms with Gasteiger partial charge in [0.1, 0.15) is 5.15 Å². The van der Waals surface area contributed by atoms with Gasteiger partial charge in [0.25, 0.3) is 0 Å². The molecule has 1 saturated heterocycles. The molecule has 1 aromatic rings. The Morgan fingerprint density at radius 1 is 1.41 bits per heavy atom. The molecule has 0 radical (unpaired) electrons. The summed E-state index contributed by atoms with van der Waals surface area (Å²) in [6, 6.07) is 0. The van der Waals surface area contributed by atoms with E-state index in [9.17, 15) is 5.11 Å². The van der Waals surface area contributed by atoms with Gasteiger partial charge in [0.05, 0.1) is 25.0 Å². The monoisotopic (exact) mass is 330 g/mol. The number of β-amino-alcohol motifs (C(OH)–C–C–N with tert-alkyl or cyclic N) is 1. The zero-order valence-electron chi connectivity index (χ0n) is 13.8. The molecule has 2 rings (SSSR count). The topological polar surface area (TPSA) is 53.8 Å². The number of nitrogens with zero attached hydrogens (tertiary/aromatic N) is 4. The van der Waals surface area contributed by atoms with Crippen molar-refractivity contribution >= 4 is 11.6 Å². The van der Waals surface area contributed by atoms with Gasteiger partial charge in [-0.15, -0.1) is 0 Å². The van der Waals surface area contributed by atoms with Gasteiger partial charge in [0, 0.05) is 45.3 Å². The summed E-state index contributed by atoms with van der Waals surface area (Å²) in [6.45, 7) is 7.40. The molecule has 126 valence electrons. The second kappa shape index (κ2) is 8.26. The van der Waals surface area contributed by atoms with Gasteiger partial charge < -0.3 is 9.84 Å². The van der Waals surface area contributed by atoms with Crippen LogP contribution in [-0.4, -0.2) is 77.2 Å². The lowest BCUT2D eigenvalue weighted by Gasteiger charge is -2.30. The summed E-state index contributed by atoms with van der Waals surface area (Å²) >= 11 is 6.32. The average molecular weight is 331 g/mol. The van der Waals surface area contributed by atoms with E-state index in [0.29, 0.717) is 24.8 Å². The van der Waals surface area contributed by atoms with E-state index in [1.54, 1.807) is 4.68 Å². The first-order valence-electron chi connectivity index (χ1n) is 7.88. The highest BCUT2D eigenvalue weighted by molar-refractivity contribution is 6.30. The summed E-state index contributed by atoms with van der Waals surface area (Å²) in [5.74, 6) is 0. The maximum atomic E-state index is 10.3. The standard InChI is InChI=1S/C15H27ClN4O2/c1-4-14-13(15(16)19(3)17-14)11-18(2)9-12(21)10-20-5-7-22-8-6-20/h12,21H,4-11H2,1-3H3. The molecular weight excluding hydrogens is 304 g/mol. The quantitative estimate of drug-likeness (QED) is 0.800. The van der Waals surface area contributed by atoms with E-state index in [4.69, 9.17) is 16.3 Å². The van der Waals surface area contributed by atoms with Crippen molar-refractivity contribution in [2.75, 3.05) is 46.4 Å². The minimum Gasteiger partial charge on any atom is -0.390 e. The lowest BCUT2D eigenvalue weighted by atomic mass is 10.2. The van der Waals surface area contributed by atoms with E-state index >= 15 is 0 Å². The fraction of sp³-hybridized carbons (Fsp3) is 0.800. The summed E-state index contributed by atoms with van der Waals surface area (Å²) in [5.41, 5.74) is 2.09. The highest BCUT2D eigenvalue weighted by atomic mass is 35.5. The van der Waals surface area contributed by atoms with Crippen molar-refractivity contribution in [1.29, 1.82) is 0 Å². The summed E-state index contributed by atoms with van der Waals surface area (Å²) in [6.07, 6.45) is 0.490. The van der Waals surface area contributed by atoms with Crippen LogP contribution in [0.25, 0.3) is 0 Å². The molecule has 0 aliphatic carbocycles. The maximum absolute atomic E-state index is 10.3. The van der Waals surface area contributed by atoms with Crippen molar-refractivity contribution in [1.82, 2.24) is 19.6 Å². The molecule has 1 aliphatic heterocycles. The second-order valence-corrected chi connectivity index (χ2v) is 6.31.